The second-order valence-electron chi connectivity index (χ2n) is 4.73. The minimum absolute atomic E-state index is 0.220. The van der Waals surface area contributed by atoms with Crippen LogP contribution >= 0.6 is 0 Å². The highest BCUT2D eigenvalue weighted by molar-refractivity contribution is 5.28. The fourth-order valence-corrected chi connectivity index (χ4v) is 2.41. The quantitative estimate of drug-likeness (QED) is 0.813. The monoisotopic (exact) mass is 238 g/mol. The minimum Gasteiger partial charge on any atom is -0.378 e. The van der Waals surface area contributed by atoms with Crippen molar-refractivity contribution < 1.29 is 9.26 Å². The van der Waals surface area contributed by atoms with Gasteiger partial charge in [0.15, 0.2) is 0 Å². The van der Waals surface area contributed by atoms with Gasteiger partial charge in [-0.2, -0.15) is 4.98 Å². The molecule has 94 valence electrons. The van der Waals surface area contributed by atoms with Gasteiger partial charge in [-0.15, -0.1) is 0 Å². The standard InChI is InChI=1S/C11H18N4O2/c1-8-2-3-12-9(8)10-13-11(14-17-10)15-4-6-16-7-5-15/h8-9,12H,2-7H2,1H3. The Balaban J connectivity index is 1.73. The van der Waals surface area contributed by atoms with E-state index in [1.54, 1.807) is 0 Å². The summed E-state index contributed by atoms with van der Waals surface area (Å²) in [6.45, 7) is 6.40. The number of ether oxygens (including phenoxy) is 1. The highest BCUT2D eigenvalue weighted by atomic mass is 16.5. The highest BCUT2D eigenvalue weighted by Crippen LogP contribution is 2.28. The van der Waals surface area contributed by atoms with E-state index in [1.807, 2.05) is 0 Å². The third-order valence-electron chi connectivity index (χ3n) is 3.52. The Hall–Kier alpha value is -1.14. The number of nitrogens with one attached hydrogen (secondary N) is 1. The number of nitrogens with zero attached hydrogens (tertiary/aromatic N) is 3. The molecular weight excluding hydrogens is 220 g/mol. The number of rotatable bonds is 2. The normalized spacial score (nSPS) is 29.8. The van der Waals surface area contributed by atoms with Crippen LogP contribution in [0.15, 0.2) is 4.52 Å². The lowest BCUT2D eigenvalue weighted by Crippen LogP contribution is -2.36. The molecule has 0 amide bonds. The molecule has 0 radical (unpaired) electrons. The second-order valence-corrected chi connectivity index (χ2v) is 4.73. The number of morpholine rings is 1. The zero-order valence-electron chi connectivity index (χ0n) is 10.1. The molecule has 17 heavy (non-hydrogen) atoms. The van der Waals surface area contributed by atoms with Crippen LogP contribution in [-0.2, 0) is 4.74 Å². The number of aromatic nitrogens is 2. The molecule has 0 spiro atoms. The first-order valence-electron chi connectivity index (χ1n) is 6.24. The molecule has 3 heterocycles. The van der Waals surface area contributed by atoms with Crippen molar-refractivity contribution in [3.8, 4) is 0 Å². The molecule has 0 saturated carbocycles. The second kappa shape index (κ2) is 4.62. The largest absolute Gasteiger partial charge is 0.378 e. The van der Waals surface area contributed by atoms with Gasteiger partial charge in [-0.05, 0) is 24.0 Å². The van der Waals surface area contributed by atoms with Crippen LogP contribution in [0.1, 0.15) is 25.3 Å². The van der Waals surface area contributed by atoms with E-state index in [9.17, 15) is 0 Å². The Bertz CT molecular complexity index is 375. The minimum atomic E-state index is 0.220. The molecule has 6 nitrogen and oxygen atoms in total. The topological polar surface area (TPSA) is 63.4 Å². The summed E-state index contributed by atoms with van der Waals surface area (Å²) in [5.41, 5.74) is 0. The Morgan fingerprint density at radius 1 is 1.35 bits per heavy atom. The maximum Gasteiger partial charge on any atom is 0.266 e. The van der Waals surface area contributed by atoms with E-state index in [0.717, 1.165) is 38.7 Å². The SMILES string of the molecule is CC1CCNC1c1nc(N2CCOCC2)no1. The fraction of sp³-hybridized carbons (Fsp3) is 0.818. The van der Waals surface area contributed by atoms with E-state index in [-0.39, 0.29) is 6.04 Å². The van der Waals surface area contributed by atoms with Crippen molar-refractivity contribution in [2.45, 2.75) is 19.4 Å². The summed E-state index contributed by atoms with van der Waals surface area (Å²) in [5, 5.41) is 7.46. The van der Waals surface area contributed by atoms with Gasteiger partial charge in [0.1, 0.15) is 0 Å². The third kappa shape index (κ3) is 2.14. The van der Waals surface area contributed by atoms with Crippen molar-refractivity contribution in [1.82, 2.24) is 15.5 Å². The van der Waals surface area contributed by atoms with Crippen LogP contribution in [0.25, 0.3) is 0 Å². The van der Waals surface area contributed by atoms with Crippen molar-refractivity contribution in [3.63, 3.8) is 0 Å². The molecule has 1 aromatic heterocycles. The smallest absolute Gasteiger partial charge is 0.266 e. The molecule has 1 N–H and O–H groups in total. The molecular formula is C11H18N4O2. The Kier molecular flexibility index (Phi) is 2.98. The van der Waals surface area contributed by atoms with Crippen LogP contribution in [0.5, 0.6) is 0 Å². The van der Waals surface area contributed by atoms with Crippen molar-refractivity contribution >= 4 is 5.95 Å². The average molecular weight is 238 g/mol. The summed E-state index contributed by atoms with van der Waals surface area (Å²) >= 11 is 0. The van der Waals surface area contributed by atoms with Crippen molar-refractivity contribution in [2.24, 2.45) is 5.92 Å². The predicted octanol–water partition coefficient (Wildman–Crippen LogP) is 0.577. The van der Waals surface area contributed by atoms with Gasteiger partial charge >= 0.3 is 0 Å². The first-order valence-corrected chi connectivity index (χ1v) is 6.24. The van der Waals surface area contributed by atoms with Crippen LogP contribution < -0.4 is 10.2 Å². The van der Waals surface area contributed by atoms with Gasteiger partial charge in [0.05, 0.1) is 19.3 Å². The lowest BCUT2D eigenvalue weighted by molar-refractivity contribution is 0.121. The first-order chi connectivity index (χ1) is 8.34. The van der Waals surface area contributed by atoms with Crippen LogP contribution in [0.2, 0.25) is 0 Å². The molecule has 1 aromatic rings. The summed E-state index contributed by atoms with van der Waals surface area (Å²) in [6, 6.07) is 0.220. The molecule has 2 aliphatic rings. The van der Waals surface area contributed by atoms with E-state index in [0.29, 0.717) is 11.9 Å². The van der Waals surface area contributed by atoms with Crippen molar-refractivity contribution in [2.75, 3.05) is 37.7 Å². The maximum atomic E-state index is 5.37. The number of hydrogen-bond donors (Lipinski definition) is 1. The molecule has 0 aromatic carbocycles. The van der Waals surface area contributed by atoms with Crippen LogP contribution in [0.3, 0.4) is 0 Å². The van der Waals surface area contributed by atoms with Crippen LogP contribution in [0.4, 0.5) is 5.95 Å². The molecule has 2 aliphatic heterocycles. The zero-order chi connectivity index (χ0) is 11.7. The predicted molar refractivity (Wildman–Crippen MR) is 61.9 cm³/mol. The molecule has 2 fully saturated rings. The lowest BCUT2D eigenvalue weighted by atomic mass is 10.0. The van der Waals surface area contributed by atoms with E-state index in [4.69, 9.17) is 9.26 Å². The lowest BCUT2D eigenvalue weighted by Gasteiger charge is -2.24. The molecule has 2 unspecified atom stereocenters. The van der Waals surface area contributed by atoms with Crippen LogP contribution in [-0.4, -0.2) is 43.0 Å². The van der Waals surface area contributed by atoms with E-state index in [2.05, 4.69) is 27.3 Å². The summed E-state index contributed by atoms with van der Waals surface area (Å²) in [4.78, 5) is 6.60. The fourth-order valence-electron chi connectivity index (χ4n) is 2.41. The number of hydrogen-bond acceptors (Lipinski definition) is 6. The van der Waals surface area contributed by atoms with Crippen molar-refractivity contribution in [3.05, 3.63) is 5.89 Å². The van der Waals surface area contributed by atoms with Gasteiger partial charge < -0.3 is 19.5 Å². The van der Waals surface area contributed by atoms with Gasteiger partial charge in [0.25, 0.3) is 5.95 Å². The number of anilines is 1. The Morgan fingerprint density at radius 3 is 2.88 bits per heavy atom. The summed E-state index contributed by atoms with van der Waals surface area (Å²) in [6.07, 6.45) is 1.17. The van der Waals surface area contributed by atoms with Crippen molar-refractivity contribution in [1.29, 1.82) is 0 Å². The average Bonchev–Trinajstić information content (AvgIpc) is 2.98. The zero-order valence-corrected chi connectivity index (χ0v) is 10.1. The third-order valence-corrected chi connectivity index (χ3v) is 3.52. The molecule has 3 rings (SSSR count). The summed E-state index contributed by atoms with van der Waals surface area (Å²) in [7, 11) is 0. The van der Waals surface area contributed by atoms with Gasteiger partial charge in [0, 0.05) is 13.1 Å². The molecule has 2 saturated heterocycles. The Labute approximate surface area is 100 Å². The van der Waals surface area contributed by atoms with Gasteiger partial charge in [-0.25, -0.2) is 0 Å². The molecule has 0 bridgehead atoms. The van der Waals surface area contributed by atoms with E-state index >= 15 is 0 Å². The molecule has 2 atom stereocenters. The molecule has 0 aliphatic carbocycles. The van der Waals surface area contributed by atoms with E-state index < -0.39 is 0 Å². The summed E-state index contributed by atoms with van der Waals surface area (Å²) in [5.74, 6) is 1.98. The summed E-state index contributed by atoms with van der Waals surface area (Å²) < 4.78 is 10.7. The van der Waals surface area contributed by atoms with E-state index in [1.165, 1.54) is 6.42 Å². The van der Waals surface area contributed by atoms with Gasteiger partial charge in [-0.3, -0.25) is 0 Å². The highest BCUT2D eigenvalue weighted by Gasteiger charge is 2.30. The van der Waals surface area contributed by atoms with Crippen LogP contribution in [0, 0.1) is 5.92 Å². The van der Waals surface area contributed by atoms with Gasteiger partial charge in [0.2, 0.25) is 5.89 Å². The maximum absolute atomic E-state index is 5.37. The Morgan fingerprint density at radius 2 is 2.18 bits per heavy atom. The first kappa shape index (κ1) is 11.0. The molecule has 6 heteroatoms. The van der Waals surface area contributed by atoms with Gasteiger partial charge in [-0.1, -0.05) is 6.92 Å².